The molecule has 3 aromatic rings. The molecule has 0 heterocycles. The molecule has 0 radical (unpaired) electrons. The highest BCUT2D eigenvalue weighted by atomic mass is 19.1. The molecule has 3 rings (SSSR count). The van der Waals surface area contributed by atoms with Crippen LogP contribution in [-0.4, -0.2) is 25.8 Å². The SMILES string of the molecule is COc1cc(/C=N\NC(=O)COc2cccc(F)c2)ccc1OCc1ccccc1. The van der Waals surface area contributed by atoms with Gasteiger partial charge in [-0.25, -0.2) is 9.82 Å². The van der Waals surface area contributed by atoms with E-state index < -0.39 is 11.7 Å². The van der Waals surface area contributed by atoms with Gasteiger partial charge in [0, 0.05) is 6.07 Å². The van der Waals surface area contributed by atoms with E-state index in [1.54, 1.807) is 31.4 Å². The van der Waals surface area contributed by atoms with Crippen LogP contribution in [0.2, 0.25) is 0 Å². The number of nitrogens with zero attached hydrogens (tertiary/aromatic N) is 1. The molecule has 0 aliphatic rings. The van der Waals surface area contributed by atoms with Gasteiger partial charge in [-0.3, -0.25) is 4.79 Å². The van der Waals surface area contributed by atoms with Crippen LogP contribution in [0.25, 0.3) is 0 Å². The molecule has 3 aromatic carbocycles. The number of hydrogen-bond acceptors (Lipinski definition) is 5. The molecule has 0 saturated carbocycles. The van der Waals surface area contributed by atoms with Crippen molar-refractivity contribution < 1.29 is 23.4 Å². The zero-order valence-corrected chi connectivity index (χ0v) is 16.4. The van der Waals surface area contributed by atoms with Crippen molar-refractivity contribution in [2.24, 2.45) is 5.10 Å². The summed E-state index contributed by atoms with van der Waals surface area (Å²) in [7, 11) is 1.55. The molecule has 7 heteroatoms. The summed E-state index contributed by atoms with van der Waals surface area (Å²) >= 11 is 0. The molecule has 6 nitrogen and oxygen atoms in total. The van der Waals surface area contributed by atoms with Crippen molar-refractivity contribution in [2.75, 3.05) is 13.7 Å². The Bertz CT molecular complexity index is 1010. The predicted molar refractivity (Wildman–Crippen MR) is 111 cm³/mol. The molecule has 0 fully saturated rings. The van der Waals surface area contributed by atoms with Gasteiger partial charge in [0.25, 0.3) is 5.91 Å². The molecule has 0 aromatic heterocycles. The van der Waals surface area contributed by atoms with Crippen molar-refractivity contribution in [1.29, 1.82) is 0 Å². The average Bonchev–Trinajstić information content (AvgIpc) is 2.77. The van der Waals surface area contributed by atoms with Crippen LogP contribution < -0.4 is 19.6 Å². The Morgan fingerprint density at radius 3 is 2.60 bits per heavy atom. The lowest BCUT2D eigenvalue weighted by molar-refractivity contribution is -0.123. The quantitative estimate of drug-likeness (QED) is 0.430. The lowest BCUT2D eigenvalue weighted by Crippen LogP contribution is -2.24. The molecule has 0 unspecified atom stereocenters. The Hall–Kier alpha value is -3.87. The van der Waals surface area contributed by atoms with Crippen molar-refractivity contribution in [3.8, 4) is 17.2 Å². The second-order valence-electron chi connectivity index (χ2n) is 6.22. The third-order valence-electron chi connectivity index (χ3n) is 3.99. The molecule has 0 spiro atoms. The molecule has 0 saturated heterocycles. The Labute approximate surface area is 173 Å². The molecule has 0 bridgehead atoms. The normalized spacial score (nSPS) is 10.6. The standard InChI is InChI=1S/C23H21FN2O4/c1-28-22-12-18(10-11-21(22)30-15-17-6-3-2-4-7-17)14-25-26-23(27)16-29-20-9-5-8-19(24)13-20/h2-14H,15-16H2,1H3,(H,26,27)/b25-14-. The molecule has 30 heavy (non-hydrogen) atoms. The zero-order valence-electron chi connectivity index (χ0n) is 16.4. The predicted octanol–water partition coefficient (Wildman–Crippen LogP) is 3.94. The summed E-state index contributed by atoms with van der Waals surface area (Å²) in [5.74, 6) is 0.521. The number of ether oxygens (including phenoxy) is 3. The first-order valence-corrected chi connectivity index (χ1v) is 9.19. The first-order chi connectivity index (χ1) is 14.6. The fourth-order valence-corrected chi connectivity index (χ4v) is 2.54. The van der Waals surface area contributed by atoms with Crippen LogP contribution in [0.3, 0.4) is 0 Å². The van der Waals surface area contributed by atoms with Gasteiger partial charge in [-0.2, -0.15) is 5.10 Å². The third kappa shape index (κ3) is 6.34. The number of rotatable bonds is 9. The van der Waals surface area contributed by atoms with Crippen LogP contribution in [-0.2, 0) is 11.4 Å². The van der Waals surface area contributed by atoms with Gasteiger partial charge in [-0.05, 0) is 41.5 Å². The minimum Gasteiger partial charge on any atom is -0.493 e. The minimum atomic E-state index is -0.467. The van der Waals surface area contributed by atoms with Crippen LogP contribution in [0.4, 0.5) is 4.39 Å². The maximum Gasteiger partial charge on any atom is 0.277 e. The number of hydrazone groups is 1. The van der Waals surface area contributed by atoms with Gasteiger partial charge in [0.2, 0.25) is 0 Å². The van der Waals surface area contributed by atoms with Crippen molar-refractivity contribution in [2.45, 2.75) is 6.61 Å². The number of halogens is 1. The van der Waals surface area contributed by atoms with Crippen LogP contribution in [0, 0.1) is 5.82 Å². The van der Waals surface area contributed by atoms with Gasteiger partial charge in [0.05, 0.1) is 13.3 Å². The number of methoxy groups -OCH3 is 1. The van der Waals surface area contributed by atoms with E-state index in [1.807, 2.05) is 30.3 Å². The van der Waals surface area contributed by atoms with Crippen molar-refractivity contribution in [1.82, 2.24) is 5.43 Å². The second kappa shape index (κ2) is 10.6. The Kier molecular flexibility index (Phi) is 7.38. The van der Waals surface area contributed by atoms with Gasteiger partial charge in [0.1, 0.15) is 18.2 Å². The highest BCUT2D eigenvalue weighted by Gasteiger charge is 2.06. The molecule has 1 amide bonds. The Balaban J connectivity index is 1.51. The van der Waals surface area contributed by atoms with Crippen LogP contribution in [0.1, 0.15) is 11.1 Å². The minimum absolute atomic E-state index is 0.268. The lowest BCUT2D eigenvalue weighted by atomic mass is 10.2. The summed E-state index contributed by atoms with van der Waals surface area (Å²) in [5.41, 5.74) is 4.12. The molecule has 154 valence electrons. The van der Waals surface area contributed by atoms with Gasteiger partial charge in [-0.15, -0.1) is 0 Å². The van der Waals surface area contributed by atoms with E-state index in [2.05, 4.69) is 10.5 Å². The highest BCUT2D eigenvalue weighted by Crippen LogP contribution is 2.28. The number of amides is 1. The number of hydrogen-bond donors (Lipinski definition) is 1. The van der Waals surface area contributed by atoms with Crippen LogP contribution in [0.5, 0.6) is 17.2 Å². The maximum absolute atomic E-state index is 13.1. The summed E-state index contributed by atoms with van der Waals surface area (Å²) in [6, 6.07) is 20.7. The summed E-state index contributed by atoms with van der Waals surface area (Å²) in [5, 5.41) is 3.90. The summed E-state index contributed by atoms with van der Waals surface area (Å²) in [4.78, 5) is 11.8. The summed E-state index contributed by atoms with van der Waals surface area (Å²) in [6.45, 7) is 0.141. The smallest absolute Gasteiger partial charge is 0.277 e. The number of benzene rings is 3. The van der Waals surface area contributed by atoms with Crippen molar-refractivity contribution >= 4 is 12.1 Å². The first kappa shape index (κ1) is 20.9. The molecular weight excluding hydrogens is 387 g/mol. The van der Waals surface area contributed by atoms with Crippen LogP contribution >= 0.6 is 0 Å². The van der Waals surface area contributed by atoms with E-state index in [1.165, 1.54) is 24.4 Å². The van der Waals surface area contributed by atoms with Gasteiger partial charge in [0.15, 0.2) is 18.1 Å². The largest absolute Gasteiger partial charge is 0.493 e. The monoisotopic (exact) mass is 408 g/mol. The van der Waals surface area contributed by atoms with Gasteiger partial charge in [-0.1, -0.05) is 36.4 Å². The highest BCUT2D eigenvalue weighted by molar-refractivity contribution is 5.83. The van der Waals surface area contributed by atoms with E-state index in [0.717, 1.165) is 5.56 Å². The number of carbonyl (C=O) groups is 1. The van der Waals surface area contributed by atoms with Crippen molar-refractivity contribution in [3.05, 3.63) is 89.7 Å². The topological polar surface area (TPSA) is 69.2 Å². The van der Waals surface area contributed by atoms with E-state index in [0.29, 0.717) is 23.7 Å². The van der Waals surface area contributed by atoms with Gasteiger partial charge < -0.3 is 14.2 Å². The van der Waals surface area contributed by atoms with Crippen molar-refractivity contribution in [3.63, 3.8) is 0 Å². The number of nitrogens with one attached hydrogen (secondary N) is 1. The first-order valence-electron chi connectivity index (χ1n) is 9.19. The van der Waals surface area contributed by atoms with E-state index in [4.69, 9.17) is 14.2 Å². The maximum atomic E-state index is 13.1. The summed E-state index contributed by atoms with van der Waals surface area (Å²) in [6.07, 6.45) is 1.48. The Morgan fingerprint density at radius 2 is 1.83 bits per heavy atom. The number of carbonyl (C=O) groups excluding carboxylic acids is 1. The lowest BCUT2D eigenvalue weighted by Gasteiger charge is -2.11. The molecule has 0 atom stereocenters. The fourth-order valence-electron chi connectivity index (χ4n) is 2.54. The summed E-state index contributed by atoms with van der Waals surface area (Å²) < 4.78 is 29.5. The molecular formula is C23H21FN2O4. The Morgan fingerprint density at radius 1 is 1.00 bits per heavy atom. The van der Waals surface area contributed by atoms with Gasteiger partial charge >= 0.3 is 0 Å². The third-order valence-corrected chi connectivity index (χ3v) is 3.99. The van der Waals surface area contributed by atoms with E-state index >= 15 is 0 Å². The zero-order chi connectivity index (χ0) is 21.2. The molecule has 1 N–H and O–H groups in total. The van der Waals surface area contributed by atoms with E-state index in [9.17, 15) is 9.18 Å². The fraction of sp³-hybridized carbons (Fsp3) is 0.130. The van der Waals surface area contributed by atoms with Crippen LogP contribution in [0.15, 0.2) is 77.9 Å². The molecule has 0 aliphatic heterocycles. The average molecular weight is 408 g/mol. The molecule has 0 aliphatic carbocycles. The van der Waals surface area contributed by atoms with E-state index in [-0.39, 0.29) is 12.4 Å². The second-order valence-corrected chi connectivity index (χ2v) is 6.22.